The van der Waals surface area contributed by atoms with Gasteiger partial charge in [-0.1, -0.05) is 29.8 Å². The molecule has 2 N–H and O–H groups in total. The summed E-state index contributed by atoms with van der Waals surface area (Å²) in [7, 11) is 1.78. The number of benzene rings is 1. The van der Waals surface area contributed by atoms with Crippen LogP contribution in [0.25, 0.3) is 0 Å². The summed E-state index contributed by atoms with van der Waals surface area (Å²) in [5, 5.41) is 7.36. The third-order valence-corrected chi connectivity index (χ3v) is 3.50. The Bertz CT molecular complexity index is 514. The van der Waals surface area contributed by atoms with E-state index >= 15 is 0 Å². The molecule has 1 unspecified atom stereocenters. The van der Waals surface area contributed by atoms with Gasteiger partial charge in [0.1, 0.15) is 11.9 Å². The molecule has 1 atom stereocenters. The standard InChI is InChI=1S/C16H22ClN3O.HI/c1-12(21-15-9-5-6-13(17)10-15)11-19-16(18-2)20-14-7-3-4-8-14;/h3-6,9-10,12,14H,7-8,11H2,1-2H3,(H2,18,19,20);1H. The molecule has 0 saturated heterocycles. The number of nitrogens with zero attached hydrogens (tertiary/aromatic N) is 1. The lowest BCUT2D eigenvalue weighted by Gasteiger charge is -2.20. The van der Waals surface area contributed by atoms with Gasteiger partial charge < -0.3 is 15.4 Å². The molecule has 0 amide bonds. The monoisotopic (exact) mass is 435 g/mol. The van der Waals surface area contributed by atoms with Crippen LogP contribution in [0.5, 0.6) is 5.75 Å². The summed E-state index contributed by atoms with van der Waals surface area (Å²) in [6.45, 7) is 2.69. The van der Waals surface area contributed by atoms with E-state index in [2.05, 4.69) is 27.8 Å². The molecule has 4 nitrogen and oxygen atoms in total. The van der Waals surface area contributed by atoms with Crippen molar-refractivity contribution in [3.8, 4) is 5.75 Å². The van der Waals surface area contributed by atoms with Crippen molar-refractivity contribution in [3.05, 3.63) is 41.4 Å². The van der Waals surface area contributed by atoms with Gasteiger partial charge in [0.15, 0.2) is 5.96 Å². The zero-order chi connectivity index (χ0) is 15.1. The second-order valence-electron chi connectivity index (χ2n) is 5.12. The summed E-state index contributed by atoms with van der Waals surface area (Å²) in [6, 6.07) is 7.87. The second kappa shape index (κ2) is 9.94. The number of hydrogen-bond donors (Lipinski definition) is 2. The van der Waals surface area contributed by atoms with Crippen molar-refractivity contribution in [1.29, 1.82) is 0 Å². The summed E-state index contributed by atoms with van der Waals surface area (Å²) < 4.78 is 5.82. The van der Waals surface area contributed by atoms with Gasteiger partial charge in [0.25, 0.3) is 0 Å². The van der Waals surface area contributed by atoms with E-state index in [0.29, 0.717) is 17.6 Å². The van der Waals surface area contributed by atoms with Crippen molar-refractivity contribution in [2.24, 2.45) is 4.99 Å². The lowest BCUT2D eigenvalue weighted by atomic mass is 10.2. The van der Waals surface area contributed by atoms with E-state index in [9.17, 15) is 0 Å². The molecule has 0 aliphatic heterocycles. The fourth-order valence-electron chi connectivity index (χ4n) is 2.18. The minimum Gasteiger partial charge on any atom is -0.489 e. The molecule has 122 valence electrons. The molecule has 0 bridgehead atoms. The molecule has 0 saturated carbocycles. The Kier molecular flexibility index (Phi) is 8.63. The molecule has 2 rings (SSSR count). The Labute approximate surface area is 154 Å². The predicted molar refractivity (Wildman–Crippen MR) is 104 cm³/mol. The zero-order valence-corrected chi connectivity index (χ0v) is 16.0. The van der Waals surface area contributed by atoms with E-state index in [1.807, 2.05) is 31.2 Å². The minimum absolute atomic E-state index is 0. The van der Waals surface area contributed by atoms with Gasteiger partial charge in [-0.25, -0.2) is 0 Å². The van der Waals surface area contributed by atoms with Crippen molar-refractivity contribution in [2.75, 3.05) is 13.6 Å². The highest BCUT2D eigenvalue weighted by atomic mass is 127. The molecule has 0 radical (unpaired) electrons. The van der Waals surface area contributed by atoms with Crippen molar-refractivity contribution in [3.63, 3.8) is 0 Å². The first-order chi connectivity index (χ1) is 10.2. The molecule has 1 aliphatic carbocycles. The molecule has 22 heavy (non-hydrogen) atoms. The minimum atomic E-state index is 0. The number of aliphatic imine (C=N–C) groups is 1. The highest BCUT2D eigenvalue weighted by molar-refractivity contribution is 14.0. The van der Waals surface area contributed by atoms with Crippen LogP contribution in [0.2, 0.25) is 5.02 Å². The first-order valence-corrected chi connectivity index (χ1v) is 7.59. The van der Waals surface area contributed by atoms with Gasteiger partial charge in [-0.15, -0.1) is 24.0 Å². The fraction of sp³-hybridized carbons (Fsp3) is 0.438. The van der Waals surface area contributed by atoms with Gasteiger partial charge in [-0.05, 0) is 38.0 Å². The summed E-state index contributed by atoms with van der Waals surface area (Å²) in [4.78, 5) is 4.23. The lowest BCUT2D eigenvalue weighted by Crippen LogP contribution is -2.45. The Balaban J connectivity index is 0.00000242. The van der Waals surface area contributed by atoms with E-state index in [0.717, 1.165) is 24.6 Å². The van der Waals surface area contributed by atoms with Crippen LogP contribution in [0, 0.1) is 0 Å². The summed E-state index contributed by atoms with van der Waals surface area (Å²) in [5.41, 5.74) is 0. The van der Waals surface area contributed by atoms with Gasteiger partial charge in [-0.2, -0.15) is 0 Å². The Morgan fingerprint density at radius 1 is 1.41 bits per heavy atom. The van der Waals surface area contributed by atoms with Gasteiger partial charge in [0.2, 0.25) is 0 Å². The normalized spacial score (nSPS) is 16.0. The molecular weight excluding hydrogens is 413 g/mol. The molecule has 0 fully saturated rings. The van der Waals surface area contributed by atoms with Crippen LogP contribution < -0.4 is 15.4 Å². The van der Waals surface area contributed by atoms with Gasteiger partial charge in [0.05, 0.1) is 6.54 Å². The van der Waals surface area contributed by atoms with E-state index in [-0.39, 0.29) is 30.1 Å². The van der Waals surface area contributed by atoms with Crippen LogP contribution >= 0.6 is 35.6 Å². The van der Waals surface area contributed by atoms with Crippen molar-refractivity contribution in [2.45, 2.75) is 31.9 Å². The highest BCUT2D eigenvalue weighted by Crippen LogP contribution is 2.18. The third-order valence-electron chi connectivity index (χ3n) is 3.26. The molecule has 0 aromatic heterocycles. The van der Waals surface area contributed by atoms with Gasteiger partial charge in [-0.3, -0.25) is 4.99 Å². The van der Waals surface area contributed by atoms with E-state index in [1.54, 1.807) is 7.05 Å². The van der Waals surface area contributed by atoms with Gasteiger partial charge >= 0.3 is 0 Å². The average Bonchev–Trinajstić information content (AvgIpc) is 2.96. The maximum absolute atomic E-state index is 5.94. The Hall–Kier alpha value is -0.950. The maximum atomic E-state index is 5.94. The van der Waals surface area contributed by atoms with E-state index in [1.165, 1.54) is 0 Å². The van der Waals surface area contributed by atoms with Crippen molar-refractivity contribution in [1.82, 2.24) is 10.6 Å². The van der Waals surface area contributed by atoms with E-state index in [4.69, 9.17) is 16.3 Å². The molecule has 1 aromatic carbocycles. The maximum Gasteiger partial charge on any atom is 0.191 e. The molecule has 1 aliphatic rings. The quantitative estimate of drug-likeness (QED) is 0.321. The number of ether oxygens (including phenoxy) is 1. The molecule has 0 spiro atoms. The third kappa shape index (κ3) is 6.44. The van der Waals surface area contributed by atoms with Gasteiger partial charge in [0, 0.05) is 18.1 Å². The molecule has 1 aromatic rings. The predicted octanol–water partition coefficient (Wildman–Crippen LogP) is 3.61. The van der Waals surface area contributed by atoms with Crippen molar-refractivity contribution < 1.29 is 4.74 Å². The number of nitrogens with one attached hydrogen (secondary N) is 2. The van der Waals surface area contributed by atoms with Crippen molar-refractivity contribution >= 4 is 41.5 Å². The largest absolute Gasteiger partial charge is 0.489 e. The number of halogens is 2. The smallest absolute Gasteiger partial charge is 0.191 e. The second-order valence-corrected chi connectivity index (χ2v) is 5.56. The van der Waals surface area contributed by atoms with Crippen LogP contribution in [-0.4, -0.2) is 31.7 Å². The number of rotatable bonds is 5. The van der Waals surface area contributed by atoms with E-state index < -0.39 is 0 Å². The number of guanidine groups is 1. The molecular formula is C16H23ClIN3O. The van der Waals surface area contributed by atoms with Crippen LogP contribution in [0.3, 0.4) is 0 Å². The van der Waals surface area contributed by atoms with Crippen LogP contribution in [0.4, 0.5) is 0 Å². The summed E-state index contributed by atoms with van der Waals surface area (Å²) in [6.07, 6.45) is 6.50. The van der Waals surface area contributed by atoms with Crippen LogP contribution in [0.15, 0.2) is 41.4 Å². The summed E-state index contributed by atoms with van der Waals surface area (Å²) >= 11 is 5.94. The Morgan fingerprint density at radius 2 is 2.14 bits per heavy atom. The first kappa shape index (κ1) is 19.1. The molecule has 0 heterocycles. The average molecular weight is 436 g/mol. The fourth-order valence-corrected chi connectivity index (χ4v) is 2.36. The zero-order valence-electron chi connectivity index (χ0n) is 12.9. The number of hydrogen-bond acceptors (Lipinski definition) is 2. The lowest BCUT2D eigenvalue weighted by molar-refractivity contribution is 0.223. The highest BCUT2D eigenvalue weighted by Gasteiger charge is 2.12. The van der Waals surface area contributed by atoms with Crippen LogP contribution in [0.1, 0.15) is 19.8 Å². The Morgan fingerprint density at radius 3 is 2.77 bits per heavy atom. The first-order valence-electron chi connectivity index (χ1n) is 7.22. The van der Waals surface area contributed by atoms with Crippen LogP contribution in [-0.2, 0) is 0 Å². The molecule has 6 heteroatoms. The topological polar surface area (TPSA) is 45.7 Å². The SMILES string of the molecule is CN=C(NCC(C)Oc1cccc(Cl)c1)NC1CC=CC1.I. The summed E-state index contributed by atoms with van der Waals surface area (Å²) in [5.74, 6) is 1.59.